The number of imide groups is 1. The van der Waals surface area contributed by atoms with E-state index >= 15 is 0 Å². The van der Waals surface area contributed by atoms with Crippen LogP contribution in [0.25, 0.3) is 0 Å². The number of rotatable bonds is 7. The zero-order valence-electron chi connectivity index (χ0n) is 20.1. The SMILES string of the molecule is CCOC(=O)C1CCN(C(=O)C[C@@]2(c3ccc(OC)cc3)CC(=O)N(C3CCCC3)C2=O)CC1. The number of methoxy groups -OCH3 is 1. The first-order valence-corrected chi connectivity index (χ1v) is 12.3. The second-order valence-electron chi connectivity index (χ2n) is 9.58. The first-order chi connectivity index (χ1) is 16.4. The van der Waals surface area contributed by atoms with Crippen molar-refractivity contribution in [2.75, 3.05) is 26.8 Å². The lowest BCUT2D eigenvalue weighted by atomic mass is 9.75. The predicted molar refractivity (Wildman–Crippen MR) is 124 cm³/mol. The van der Waals surface area contributed by atoms with Gasteiger partial charge in [0.1, 0.15) is 5.75 Å². The number of nitrogens with zero attached hydrogens (tertiary/aromatic N) is 2. The topological polar surface area (TPSA) is 93.2 Å². The summed E-state index contributed by atoms with van der Waals surface area (Å²) in [6, 6.07) is 7.05. The Bertz CT molecular complexity index is 931. The summed E-state index contributed by atoms with van der Waals surface area (Å²) >= 11 is 0. The van der Waals surface area contributed by atoms with Crippen molar-refractivity contribution in [1.29, 1.82) is 0 Å². The normalized spacial score (nSPS) is 24.1. The second-order valence-corrected chi connectivity index (χ2v) is 9.58. The molecular formula is C26H34N2O6. The fraction of sp³-hybridized carbons (Fsp3) is 0.615. The summed E-state index contributed by atoms with van der Waals surface area (Å²) < 4.78 is 10.4. The highest BCUT2D eigenvalue weighted by molar-refractivity contribution is 6.11. The number of carbonyl (C=O) groups is 4. The molecule has 0 bridgehead atoms. The van der Waals surface area contributed by atoms with Gasteiger partial charge >= 0.3 is 5.97 Å². The highest BCUT2D eigenvalue weighted by Crippen LogP contribution is 2.43. The summed E-state index contributed by atoms with van der Waals surface area (Å²) in [7, 11) is 1.57. The molecule has 1 aliphatic carbocycles. The van der Waals surface area contributed by atoms with Gasteiger partial charge in [-0.2, -0.15) is 0 Å². The van der Waals surface area contributed by atoms with Crippen LogP contribution in [0.5, 0.6) is 5.75 Å². The van der Waals surface area contributed by atoms with E-state index in [1.807, 2.05) is 0 Å². The van der Waals surface area contributed by atoms with E-state index in [0.717, 1.165) is 25.7 Å². The molecule has 1 atom stereocenters. The molecule has 8 heteroatoms. The minimum absolute atomic E-state index is 0.000304. The fourth-order valence-electron chi connectivity index (χ4n) is 5.67. The highest BCUT2D eigenvalue weighted by atomic mass is 16.5. The van der Waals surface area contributed by atoms with Gasteiger partial charge in [-0.1, -0.05) is 25.0 Å². The Morgan fingerprint density at radius 2 is 1.68 bits per heavy atom. The Hall–Kier alpha value is -2.90. The third-order valence-corrected chi connectivity index (χ3v) is 7.60. The van der Waals surface area contributed by atoms with Crippen molar-refractivity contribution in [2.24, 2.45) is 5.92 Å². The van der Waals surface area contributed by atoms with Gasteiger partial charge in [0.05, 0.1) is 25.0 Å². The number of amides is 3. The number of likely N-dealkylation sites (tertiary alicyclic amines) is 2. The Balaban J connectivity index is 1.56. The molecule has 8 nitrogen and oxygen atoms in total. The second kappa shape index (κ2) is 10.2. The van der Waals surface area contributed by atoms with E-state index in [1.54, 1.807) is 43.2 Å². The lowest BCUT2D eigenvalue weighted by Gasteiger charge is -2.34. The molecule has 3 fully saturated rings. The number of carbonyl (C=O) groups excluding carboxylic acids is 4. The summed E-state index contributed by atoms with van der Waals surface area (Å²) in [6.07, 6.45) is 4.69. The van der Waals surface area contributed by atoms with Crippen LogP contribution in [0.15, 0.2) is 24.3 Å². The van der Waals surface area contributed by atoms with Crippen molar-refractivity contribution in [3.63, 3.8) is 0 Å². The molecule has 34 heavy (non-hydrogen) atoms. The monoisotopic (exact) mass is 470 g/mol. The van der Waals surface area contributed by atoms with Gasteiger partial charge in [0.2, 0.25) is 17.7 Å². The zero-order valence-corrected chi connectivity index (χ0v) is 20.1. The summed E-state index contributed by atoms with van der Waals surface area (Å²) in [6.45, 7) is 3.00. The van der Waals surface area contributed by atoms with Crippen LogP contribution in [0.1, 0.15) is 63.9 Å². The minimum Gasteiger partial charge on any atom is -0.497 e. The van der Waals surface area contributed by atoms with Crippen LogP contribution in [0.2, 0.25) is 0 Å². The van der Waals surface area contributed by atoms with Gasteiger partial charge in [-0.15, -0.1) is 0 Å². The van der Waals surface area contributed by atoms with Crippen molar-refractivity contribution >= 4 is 23.7 Å². The van der Waals surface area contributed by atoms with Gasteiger partial charge in [0, 0.05) is 32.0 Å². The Labute approximate surface area is 200 Å². The molecule has 184 valence electrons. The van der Waals surface area contributed by atoms with Crippen LogP contribution in [0.3, 0.4) is 0 Å². The Morgan fingerprint density at radius 3 is 2.26 bits per heavy atom. The number of piperidine rings is 1. The van der Waals surface area contributed by atoms with Crippen LogP contribution in [0.4, 0.5) is 0 Å². The predicted octanol–water partition coefficient (Wildman–Crippen LogP) is 2.83. The minimum atomic E-state index is -1.21. The molecule has 2 saturated heterocycles. The van der Waals surface area contributed by atoms with E-state index in [1.165, 1.54) is 4.90 Å². The van der Waals surface area contributed by atoms with Crippen LogP contribution in [-0.2, 0) is 29.3 Å². The van der Waals surface area contributed by atoms with E-state index in [2.05, 4.69) is 0 Å². The molecular weight excluding hydrogens is 436 g/mol. The van der Waals surface area contributed by atoms with Crippen LogP contribution in [-0.4, -0.2) is 66.3 Å². The van der Waals surface area contributed by atoms with Crippen molar-refractivity contribution in [3.05, 3.63) is 29.8 Å². The molecule has 1 aromatic rings. The Kier molecular flexibility index (Phi) is 7.24. The van der Waals surface area contributed by atoms with Gasteiger partial charge in [0.25, 0.3) is 0 Å². The van der Waals surface area contributed by atoms with Crippen LogP contribution >= 0.6 is 0 Å². The number of hydrogen-bond acceptors (Lipinski definition) is 6. The summed E-state index contributed by atoms with van der Waals surface area (Å²) in [5.41, 5.74) is -0.539. The van der Waals surface area contributed by atoms with Crippen molar-refractivity contribution in [3.8, 4) is 5.75 Å². The fourth-order valence-corrected chi connectivity index (χ4v) is 5.67. The lowest BCUT2D eigenvalue weighted by Crippen LogP contribution is -2.47. The van der Waals surface area contributed by atoms with Crippen molar-refractivity contribution < 1.29 is 28.7 Å². The zero-order chi connectivity index (χ0) is 24.3. The van der Waals surface area contributed by atoms with Gasteiger partial charge in [-0.05, 0) is 50.3 Å². The molecule has 0 N–H and O–H groups in total. The molecule has 1 aromatic carbocycles. The molecule has 0 aromatic heterocycles. The molecule has 2 heterocycles. The van der Waals surface area contributed by atoms with Gasteiger partial charge in [-0.25, -0.2) is 0 Å². The van der Waals surface area contributed by atoms with Gasteiger partial charge in [-0.3, -0.25) is 24.1 Å². The van der Waals surface area contributed by atoms with Gasteiger partial charge < -0.3 is 14.4 Å². The molecule has 4 rings (SSSR count). The first-order valence-electron chi connectivity index (χ1n) is 12.3. The third kappa shape index (κ3) is 4.55. The quantitative estimate of drug-likeness (QED) is 0.449. The first kappa shape index (κ1) is 24.2. The largest absolute Gasteiger partial charge is 0.497 e. The summed E-state index contributed by atoms with van der Waals surface area (Å²) in [5.74, 6) is -0.380. The average molecular weight is 471 g/mol. The van der Waals surface area contributed by atoms with Crippen molar-refractivity contribution in [1.82, 2.24) is 9.80 Å². The molecule has 0 unspecified atom stereocenters. The molecule has 1 saturated carbocycles. The van der Waals surface area contributed by atoms with E-state index < -0.39 is 5.41 Å². The number of hydrogen-bond donors (Lipinski definition) is 0. The third-order valence-electron chi connectivity index (χ3n) is 7.60. The maximum absolute atomic E-state index is 13.9. The van der Waals surface area contributed by atoms with Crippen molar-refractivity contribution in [2.45, 2.75) is 69.7 Å². The average Bonchev–Trinajstić information content (AvgIpc) is 3.46. The van der Waals surface area contributed by atoms with E-state index in [0.29, 0.717) is 43.9 Å². The van der Waals surface area contributed by atoms with E-state index in [9.17, 15) is 19.2 Å². The summed E-state index contributed by atoms with van der Waals surface area (Å²) in [4.78, 5) is 55.6. The molecule has 0 radical (unpaired) electrons. The maximum atomic E-state index is 13.9. The number of benzene rings is 1. The molecule has 3 amide bonds. The Morgan fingerprint density at radius 1 is 1.03 bits per heavy atom. The molecule has 3 aliphatic rings. The lowest BCUT2D eigenvalue weighted by molar-refractivity contribution is -0.151. The number of esters is 1. The van der Waals surface area contributed by atoms with Crippen LogP contribution in [0, 0.1) is 5.92 Å². The van der Waals surface area contributed by atoms with E-state index in [-0.39, 0.29) is 48.5 Å². The highest BCUT2D eigenvalue weighted by Gasteiger charge is 2.56. The molecule has 0 spiro atoms. The smallest absolute Gasteiger partial charge is 0.309 e. The number of ether oxygens (including phenoxy) is 2. The van der Waals surface area contributed by atoms with Crippen LogP contribution < -0.4 is 4.74 Å². The van der Waals surface area contributed by atoms with Gasteiger partial charge in [0.15, 0.2) is 0 Å². The maximum Gasteiger partial charge on any atom is 0.309 e. The standard InChI is InChI=1S/C26H34N2O6/c1-3-34-24(31)18-12-14-27(15-13-18)22(29)16-26(19-8-10-21(33-2)11-9-19)17-23(30)28(25(26)32)20-6-4-5-7-20/h8-11,18,20H,3-7,12-17H2,1-2H3/t26-/m0/s1. The molecule has 2 aliphatic heterocycles. The summed E-state index contributed by atoms with van der Waals surface area (Å²) in [5, 5.41) is 0. The van der Waals surface area contributed by atoms with E-state index in [4.69, 9.17) is 9.47 Å².